The monoisotopic (exact) mass is 606 g/mol. The first-order valence-electron chi connectivity index (χ1n) is 14.0. The number of halogens is 1. The highest BCUT2D eigenvalue weighted by Gasteiger charge is 2.33. The zero-order valence-corrected chi connectivity index (χ0v) is 25.1. The molecule has 9 nitrogen and oxygen atoms in total. The average molecular weight is 607 g/mol. The van der Waals surface area contributed by atoms with Gasteiger partial charge in [-0.05, 0) is 60.9 Å². The summed E-state index contributed by atoms with van der Waals surface area (Å²) in [4.78, 5) is 15.4. The quantitative estimate of drug-likeness (QED) is 0.378. The van der Waals surface area contributed by atoms with Crippen LogP contribution in [0.3, 0.4) is 0 Å². The lowest BCUT2D eigenvalue weighted by atomic mass is 9.92. The van der Waals surface area contributed by atoms with Crippen molar-refractivity contribution in [2.45, 2.75) is 61.7 Å². The molecule has 1 aliphatic carbocycles. The third-order valence-electron chi connectivity index (χ3n) is 7.70. The second-order valence-electron chi connectivity index (χ2n) is 10.4. The van der Waals surface area contributed by atoms with Gasteiger partial charge in [0.15, 0.2) is 5.76 Å². The first kappa shape index (κ1) is 31.3. The molecule has 2 aromatic rings. The van der Waals surface area contributed by atoms with E-state index in [1.165, 1.54) is 30.0 Å². The molecule has 1 heterocycles. The first-order valence-corrected chi connectivity index (χ1v) is 15.8. The highest BCUT2D eigenvalue weighted by Crippen LogP contribution is 2.33. The Morgan fingerprint density at radius 3 is 2.37 bits per heavy atom. The molecule has 41 heavy (non-hydrogen) atoms. The molecule has 0 aromatic heterocycles. The second kappa shape index (κ2) is 14.5. The molecule has 4 rings (SSSR count). The number of aliphatic hydroxyl groups is 1. The van der Waals surface area contributed by atoms with Crippen LogP contribution in [0.25, 0.3) is 0 Å². The average Bonchev–Trinajstić information content (AvgIpc) is 3.00. The Balaban J connectivity index is 1.47. The highest BCUT2D eigenvalue weighted by atomic mass is 35.5. The van der Waals surface area contributed by atoms with Crippen LogP contribution in [0.4, 0.5) is 0 Å². The topological polar surface area (TPSA) is 106 Å². The summed E-state index contributed by atoms with van der Waals surface area (Å²) in [6.07, 6.45) is 6.86. The Morgan fingerprint density at radius 1 is 1.05 bits per heavy atom. The zero-order chi connectivity index (χ0) is 29.4. The van der Waals surface area contributed by atoms with E-state index in [-0.39, 0.29) is 54.8 Å². The number of rotatable bonds is 12. The van der Waals surface area contributed by atoms with Crippen molar-refractivity contribution in [3.05, 3.63) is 71.0 Å². The standard InChI is InChI=1S/C30H39ClN2O7S/c1-32(25-6-4-3-5-7-25)30(35)28-20-23(22-8-10-24(31)11-9-22)21-29(40-28)39-19-17-33(16-18-34)41(36,37)27-14-12-26(38-2)13-15-27/h8-15,20,23,25,29,34H,3-7,16-19,21H2,1-2H3/t23-,29+/m1/s1. The normalized spacial score (nSPS) is 19.9. The molecule has 1 N–H and O–H groups in total. The number of benzene rings is 2. The number of nitrogens with zero attached hydrogens (tertiary/aromatic N) is 2. The molecule has 1 amide bonds. The van der Waals surface area contributed by atoms with Crippen molar-refractivity contribution in [1.82, 2.24) is 9.21 Å². The number of amides is 1. The van der Waals surface area contributed by atoms with E-state index in [2.05, 4.69) is 0 Å². The summed E-state index contributed by atoms with van der Waals surface area (Å²) >= 11 is 6.10. The van der Waals surface area contributed by atoms with Crippen molar-refractivity contribution in [3.63, 3.8) is 0 Å². The number of sulfonamides is 1. The Bertz CT molecular complexity index is 1280. The van der Waals surface area contributed by atoms with Crippen molar-refractivity contribution < 1.29 is 32.5 Å². The van der Waals surface area contributed by atoms with Crippen LogP contribution in [-0.4, -0.2) is 81.4 Å². The highest BCUT2D eigenvalue weighted by molar-refractivity contribution is 7.89. The van der Waals surface area contributed by atoms with E-state index in [1.807, 2.05) is 37.4 Å². The van der Waals surface area contributed by atoms with Gasteiger partial charge >= 0.3 is 0 Å². The molecule has 1 fully saturated rings. The van der Waals surface area contributed by atoms with Gasteiger partial charge in [-0.15, -0.1) is 0 Å². The Hall–Kier alpha value is -2.63. The fourth-order valence-electron chi connectivity index (χ4n) is 5.31. The van der Waals surface area contributed by atoms with Gasteiger partial charge in [0.05, 0.1) is 25.2 Å². The van der Waals surface area contributed by atoms with E-state index in [0.29, 0.717) is 17.2 Å². The summed E-state index contributed by atoms with van der Waals surface area (Å²) in [5.41, 5.74) is 0.973. The molecule has 0 unspecified atom stereocenters. The minimum atomic E-state index is -3.88. The molecule has 11 heteroatoms. The maximum Gasteiger partial charge on any atom is 0.288 e. The smallest absolute Gasteiger partial charge is 0.288 e. The van der Waals surface area contributed by atoms with Crippen LogP contribution in [0.1, 0.15) is 50.0 Å². The van der Waals surface area contributed by atoms with E-state index < -0.39 is 16.3 Å². The minimum Gasteiger partial charge on any atom is -0.497 e. The summed E-state index contributed by atoms with van der Waals surface area (Å²) < 4.78 is 44.9. The van der Waals surface area contributed by atoms with Gasteiger partial charge in [0.1, 0.15) is 5.75 Å². The maximum atomic E-state index is 13.5. The van der Waals surface area contributed by atoms with Gasteiger partial charge in [0, 0.05) is 43.5 Å². The number of aliphatic hydroxyl groups excluding tert-OH is 1. The fourth-order valence-corrected chi connectivity index (χ4v) is 6.85. The number of allylic oxidation sites excluding steroid dienone is 1. The molecule has 2 aromatic carbocycles. The lowest BCUT2D eigenvalue weighted by molar-refractivity contribution is -0.153. The lowest BCUT2D eigenvalue weighted by Gasteiger charge is -2.35. The molecule has 1 saturated carbocycles. The van der Waals surface area contributed by atoms with Crippen molar-refractivity contribution in [2.75, 3.05) is 40.5 Å². The van der Waals surface area contributed by atoms with Crippen LogP contribution in [0.15, 0.2) is 65.3 Å². The molecule has 0 saturated heterocycles. The van der Waals surface area contributed by atoms with Crippen molar-refractivity contribution in [2.24, 2.45) is 0 Å². The summed E-state index contributed by atoms with van der Waals surface area (Å²) in [5.74, 6) is 0.431. The van der Waals surface area contributed by atoms with E-state index in [1.54, 1.807) is 17.0 Å². The van der Waals surface area contributed by atoms with Crippen LogP contribution in [-0.2, 0) is 24.3 Å². The number of carbonyl (C=O) groups excluding carboxylic acids is 1. The summed E-state index contributed by atoms with van der Waals surface area (Å²) in [7, 11) is -0.558. The van der Waals surface area contributed by atoms with Gasteiger partial charge in [0.25, 0.3) is 5.91 Å². The molecule has 0 spiro atoms. The molecule has 2 aliphatic rings. The number of carbonyl (C=O) groups is 1. The number of methoxy groups -OCH3 is 1. The number of likely N-dealkylation sites (N-methyl/N-ethyl adjacent to an activating group) is 1. The predicted octanol–water partition coefficient (Wildman–Crippen LogP) is 4.55. The first-order chi connectivity index (χ1) is 19.7. The van der Waals surface area contributed by atoms with Gasteiger partial charge in [0.2, 0.25) is 16.3 Å². The van der Waals surface area contributed by atoms with E-state index >= 15 is 0 Å². The Kier molecular flexibility index (Phi) is 11.1. The van der Waals surface area contributed by atoms with Crippen LogP contribution in [0.5, 0.6) is 5.75 Å². The number of hydrogen-bond acceptors (Lipinski definition) is 7. The van der Waals surface area contributed by atoms with Crippen LogP contribution in [0, 0.1) is 0 Å². The largest absolute Gasteiger partial charge is 0.497 e. The van der Waals surface area contributed by atoms with Gasteiger partial charge in [-0.2, -0.15) is 4.31 Å². The molecule has 2 atom stereocenters. The maximum absolute atomic E-state index is 13.5. The third kappa shape index (κ3) is 8.02. The van der Waals surface area contributed by atoms with Gasteiger partial charge < -0.3 is 24.2 Å². The van der Waals surface area contributed by atoms with Gasteiger partial charge in [-0.1, -0.05) is 43.0 Å². The van der Waals surface area contributed by atoms with Gasteiger partial charge in [-0.25, -0.2) is 8.42 Å². The molecule has 1 aliphatic heterocycles. The third-order valence-corrected chi connectivity index (χ3v) is 9.86. The van der Waals surface area contributed by atoms with Crippen LogP contribution in [0.2, 0.25) is 5.02 Å². The molecular weight excluding hydrogens is 568 g/mol. The summed E-state index contributed by atoms with van der Waals surface area (Å²) in [6.45, 7) is -0.433. The summed E-state index contributed by atoms with van der Waals surface area (Å²) in [6, 6.07) is 13.7. The summed E-state index contributed by atoms with van der Waals surface area (Å²) in [5, 5.41) is 10.2. The van der Waals surface area contributed by atoms with Gasteiger partial charge in [-0.3, -0.25) is 4.79 Å². The van der Waals surface area contributed by atoms with E-state index in [4.69, 9.17) is 25.8 Å². The lowest BCUT2D eigenvalue weighted by Crippen LogP contribution is -2.41. The van der Waals surface area contributed by atoms with Crippen LogP contribution >= 0.6 is 11.6 Å². The Labute approximate surface area is 247 Å². The van der Waals surface area contributed by atoms with E-state index in [0.717, 1.165) is 31.2 Å². The van der Waals surface area contributed by atoms with Crippen LogP contribution < -0.4 is 4.74 Å². The molecular formula is C30H39ClN2O7S. The fraction of sp³-hybridized carbons (Fsp3) is 0.500. The molecule has 0 radical (unpaired) electrons. The zero-order valence-electron chi connectivity index (χ0n) is 23.6. The second-order valence-corrected chi connectivity index (χ2v) is 12.7. The van der Waals surface area contributed by atoms with E-state index in [9.17, 15) is 18.3 Å². The van der Waals surface area contributed by atoms with Crippen molar-refractivity contribution in [1.29, 1.82) is 0 Å². The molecule has 0 bridgehead atoms. The minimum absolute atomic E-state index is 0.00460. The predicted molar refractivity (Wildman–Crippen MR) is 156 cm³/mol. The molecule has 224 valence electrons. The Morgan fingerprint density at radius 2 is 1.73 bits per heavy atom. The van der Waals surface area contributed by atoms with Crippen molar-refractivity contribution >= 4 is 27.5 Å². The SMILES string of the molecule is COc1ccc(S(=O)(=O)N(CCO)CCO[C@@H]2C[C@H](c3ccc(Cl)cc3)C=C(C(=O)N(C)C3CCCCC3)O2)cc1. The number of hydrogen-bond donors (Lipinski definition) is 1. The van der Waals surface area contributed by atoms with Crippen molar-refractivity contribution in [3.8, 4) is 5.75 Å². The number of ether oxygens (including phenoxy) is 3.